The highest BCUT2D eigenvalue weighted by molar-refractivity contribution is 6.35. The maximum atomic E-state index is 13.4. The van der Waals surface area contributed by atoms with Gasteiger partial charge in [0.1, 0.15) is 28.5 Å². The molecule has 3 saturated heterocycles. The second kappa shape index (κ2) is 17.8. The summed E-state index contributed by atoms with van der Waals surface area (Å²) in [6.45, 7) is 2.83. The van der Waals surface area contributed by atoms with Gasteiger partial charge >= 0.3 is 12.1 Å². The van der Waals surface area contributed by atoms with Crippen molar-refractivity contribution in [2.75, 3.05) is 33.9 Å². The summed E-state index contributed by atoms with van der Waals surface area (Å²) in [5, 5.41) is 26.1. The van der Waals surface area contributed by atoms with E-state index in [1.54, 1.807) is 24.3 Å². The van der Waals surface area contributed by atoms with Crippen molar-refractivity contribution in [2.24, 2.45) is 5.92 Å². The highest BCUT2D eigenvalue weighted by Gasteiger charge is 2.37. The first-order valence-corrected chi connectivity index (χ1v) is 19.5. The maximum Gasteiger partial charge on any atom is 0.408 e. The number of carbonyl (C=O) groups excluding carboxylic acids is 1. The third kappa shape index (κ3) is 9.06. The SMILES string of the molecule is COc1ccc(C(Cc2c(Cl)c[n+]([O-])cc2Cl)c2c(COc3cccc([C@@H](NC(=O)O[C@H]4CN5CCC4CC5)c4ccccc4)c3)cccc2C(=O)O)cc1OC. The Kier molecular flexibility index (Phi) is 12.4. The van der Waals surface area contributed by atoms with Crippen LogP contribution in [0.15, 0.2) is 103 Å². The first kappa shape index (κ1) is 39.7. The van der Waals surface area contributed by atoms with Crippen molar-refractivity contribution in [3.05, 3.63) is 158 Å². The van der Waals surface area contributed by atoms with Gasteiger partial charge in [0, 0.05) is 18.0 Å². The minimum atomic E-state index is -1.14. The highest BCUT2D eigenvalue weighted by atomic mass is 35.5. The molecule has 3 aliphatic heterocycles. The number of alkyl carbamates (subject to hydrolysis) is 1. The van der Waals surface area contributed by atoms with Crippen LogP contribution in [0.2, 0.25) is 10.0 Å². The number of methoxy groups -OCH3 is 2. The molecule has 1 amide bonds. The number of fused-ring (bicyclic) bond motifs is 3. The van der Waals surface area contributed by atoms with Crippen LogP contribution >= 0.6 is 23.2 Å². The molecule has 296 valence electrons. The molecule has 4 aromatic carbocycles. The molecule has 2 bridgehead atoms. The van der Waals surface area contributed by atoms with Crippen molar-refractivity contribution in [1.82, 2.24) is 10.2 Å². The van der Waals surface area contributed by atoms with E-state index in [0.717, 1.165) is 43.6 Å². The standard InChI is InChI=1S/C44H43Cl2N3O8/c1-54-38-15-14-29(21-39(38)55-2)34(22-35-36(45)23-49(53)24-37(35)46)41-31(11-7-13-33(41)43(50)51)26-56-32-12-6-10-30(20-32)42(28-8-4-3-5-9-28)47-44(52)57-40-25-48-18-16-27(40)17-19-48/h3-15,20-21,23-24,27,34,40,42H,16-19,22,25-26H2,1-2H3,(H,47,52)(H,50,51)/t34?,40-,42-/m0/s1. The van der Waals surface area contributed by atoms with E-state index in [2.05, 4.69) is 10.2 Å². The number of carbonyl (C=O) groups is 2. The van der Waals surface area contributed by atoms with Gasteiger partial charge in [0.2, 0.25) is 0 Å². The topological polar surface area (TPSA) is 134 Å². The molecule has 0 aliphatic carbocycles. The normalized spacial score (nSPS) is 18.3. The zero-order valence-electron chi connectivity index (χ0n) is 31.5. The summed E-state index contributed by atoms with van der Waals surface area (Å²) in [6, 6.07) is 27.0. The quantitative estimate of drug-likeness (QED) is 0.0841. The lowest BCUT2D eigenvalue weighted by atomic mass is 9.81. The molecule has 4 heterocycles. The van der Waals surface area contributed by atoms with Crippen LogP contribution in [0.3, 0.4) is 0 Å². The minimum Gasteiger partial charge on any atom is -0.619 e. The number of nitrogens with one attached hydrogen (secondary N) is 1. The molecule has 0 radical (unpaired) electrons. The summed E-state index contributed by atoms with van der Waals surface area (Å²) < 4.78 is 24.1. The Morgan fingerprint density at radius 1 is 0.877 bits per heavy atom. The molecule has 3 aliphatic rings. The zero-order chi connectivity index (χ0) is 40.1. The largest absolute Gasteiger partial charge is 0.619 e. The number of halogens is 2. The van der Waals surface area contributed by atoms with Crippen LogP contribution in [-0.2, 0) is 17.8 Å². The number of nitrogens with zero attached hydrogens (tertiary/aromatic N) is 2. The smallest absolute Gasteiger partial charge is 0.408 e. The first-order valence-electron chi connectivity index (χ1n) is 18.7. The van der Waals surface area contributed by atoms with Crippen LogP contribution in [0.1, 0.15) is 68.5 Å². The first-order chi connectivity index (χ1) is 27.6. The maximum absolute atomic E-state index is 13.4. The fraction of sp³-hybridized carbons (Fsp3) is 0.295. The van der Waals surface area contributed by atoms with Crippen LogP contribution in [0.5, 0.6) is 17.2 Å². The third-order valence-electron chi connectivity index (χ3n) is 10.9. The monoisotopic (exact) mass is 811 g/mol. The Morgan fingerprint density at radius 3 is 2.25 bits per heavy atom. The van der Waals surface area contributed by atoms with Gasteiger partial charge in [0.05, 0.1) is 25.8 Å². The molecule has 0 saturated carbocycles. The van der Waals surface area contributed by atoms with Crippen molar-refractivity contribution >= 4 is 35.3 Å². The van der Waals surface area contributed by atoms with E-state index in [9.17, 15) is 19.9 Å². The van der Waals surface area contributed by atoms with E-state index in [4.69, 9.17) is 42.1 Å². The molecule has 13 heteroatoms. The molecular formula is C44H43Cl2N3O8. The molecule has 5 aromatic rings. The second-order valence-corrected chi connectivity index (χ2v) is 15.1. The van der Waals surface area contributed by atoms with E-state index >= 15 is 0 Å². The minimum absolute atomic E-state index is 0.00838. The van der Waals surface area contributed by atoms with Crippen LogP contribution in [0.25, 0.3) is 0 Å². The number of carboxylic acid groups (broad SMARTS) is 1. The number of hydrogen-bond acceptors (Lipinski definition) is 8. The summed E-state index contributed by atoms with van der Waals surface area (Å²) in [4.78, 5) is 28.7. The summed E-state index contributed by atoms with van der Waals surface area (Å²) >= 11 is 13.2. The summed E-state index contributed by atoms with van der Waals surface area (Å²) in [7, 11) is 3.05. The van der Waals surface area contributed by atoms with E-state index in [1.165, 1.54) is 26.6 Å². The van der Waals surface area contributed by atoms with Gasteiger partial charge in [0.25, 0.3) is 0 Å². The van der Waals surface area contributed by atoms with Gasteiger partial charge in [-0.05, 0) is 96.4 Å². The van der Waals surface area contributed by atoms with Crippen LogP contribution in [-0.4, -0.2) is 62.0 Å². The van der Waals surface area contributed by atoms with E-state index < -0.39 is 24.0 Å². The number of rotatable bonds is 14. The van der Waals surface area contributed by atoms with E-state index in [0.29, 0.717) is 50.2 Å². The molecule has 3 fully saturated rings. The number of aromatic carboxylic acids is 1. The molecule has 11 nitrogen and oxygen atoms in total. The molecule has 1 aromatic heterocycles. The van der Waals surface area contributed by atoms with Gasteiger partial charge < -0.3 is 34.6 Å². The lowest BCUT2D eigenvalue weighted by Gasteiger charge is -2.43. The number of aromatic nitrogens is 1. The molecular weight excluding hydrogens is 769 g/mol. The number of amides is 1. The van der Waals surface area contributed by atoms with Crippen LogP contribution in [0, 0.1) is 11.1 Å². The Labute approximate surface area is 341 Å². The Balaban J connectivity index is 1.21. The number of pyridine rings is 1. The zero-order valence-corrected chi connectivity index (χ0v) is 33.0. The lowest BCUT2D eigenvalue weighted by Crippen LogP contribution is -2.52. The van der Waals surface area contributed by atoms with Crippen LogP contribution < -0.4 is 24.3 Å². The van der Waals surface area contributed by atoms with E-state index in [1.807, 2.05) is 66.7 Å². The number of benzene rings is 4. The molecule has 57 heavy (non-hydrogen) atoms. The predicted molar refractivity (Wildman–Crippen MR) is 216 cm³/mol. The van der Waals surface area contributed by atoms with Crippen LogP contribution in [0.4, 0.5) is 4.79 Å². The van der Waals surface area contributed by atoms with Crippen molar-refractivity contribution in [3.8, 4) is 17.2 Å². The Morgan fingerprint density at radius 2 is 1.58 bits per heavy atom. The molecule has 3 atom stereocenters. The Bertz CT molecular complexity index is 2210. The van der Waals surface area contributed by atoms with Crippen molar-refractivity contribution in [3.63, 3.8) is 0 Å². The molecule has 8 rings (SSSR count). The fourth-order valence-electron chi connectivity index (χ4n) is 8.01. The molecule has 0 spiro atoms. The number of carboxylic acids is 1. The molecule has 2 N–H and O–H groups in total. The second-order valence-electron chi connectivity index (χ2n) is 14.3. The van der Waals surface area contributed by atoms with E-state index in [-0.39, 0.29) is 34.7 Å². The summed E-state index contributed by atoms with van der Waals surface area (Å²) in [6.07, 6.45) is 4.00. The fourth-order valence-corrected chi connectivity index (χ4v) is 8.60. The average Bonchev–Trinajstić information content (AvgIpc) is 3.22. The highest BCUT2D eigenvalue weighted by Crippen LogP contribution is 2.40. The Hall–Kier alpha value is -5.49. The number of hydrogen-bond donors (Lipinski definition) is 2. The predicted octanol–water partition coefficient (Wildman–Crippen LogP) is 8.21. The van der Waals surface area contributed by atoms with Gasteiger partial charge in [-0.1, -0.05) is 83.9 Å². The van der Waals surface area contributed by atoms with Gasteiger partial charge in [0.15, 0.2) is 23.9 Å². The number of piperidine rings is 3. The average molecular weight is 813 g/mol. The van der Waals surface area contributed by atoms with Gasteiger partial charge in [-0.2, -0.15) is 4.73 Å². The third-order valence-corrected chi connectivity index (χ3v) is 11.5. The summed E-state index contributed by atoms with van der Waals surface area (Å²) in [5.41, 5.74) is 3.93. The number of ether oxygens (including phenoxy) is 4. The molecule has 1 unspecified atom stereocenters. The summed E-state index contributed by atoms with van der Waals surface area (Å²) in [5.74, 6) is 0.0321. The van der Waals surface area contributed by atoms with Crippen molar-refractivity contribution in [1.29, 1.82) is 0 Å². The lowest BCUT2D eigenvalue weighted by molar-refractivity contribution is -0.605. The van der Waals surface area contributed by atoms with Gasteiger partial charge in [-0.3, -0.25) is 4.90 Å². The van der Waals surface area contributed by atoms with Gasteiger partial charge in [-0.15, -0.1) is 0 Å². The van der Waals surface area contributed by atoms with Crippen molar-refractivity contribution in [2.45, 2.75) is 43.9 Å². The van der Waals surface area contributed by atoms with Crippen molar-refractivity contribution < 1.29 is 38.4 Å². The van der Waals surface area contributed by atoms with Gasteiger partial charge in [-0.25, -0.2) is 9.59 Å².